The lowest BCUT2D eigenvalue weighted by Gasteiger charge is -2.29. The van der Waals surface area contributed by atoms with Gasteiger partial charge in [0.1, 0.15) is 6.04 Å². The van der Waals surface area contributed by atoms with Gasteiger partial charge >= 0.3 is 0 Å². The lowest BCUT2D eigenvalue weighted by molar-refractivity contribution is -0.144. The minimum atomic E-state index is -1.23. The first-order valence-electron chi connectivity index (χ1n) is 16.2. The second-order valence-electron chi connectivity index (χ2n) is 12.3. The molecule has 0 aromatic heterocycles. The number of aliphatic hydroxyl groups excluding tert-OH is 2. The minimum Gasteiger partial charge on any atom is -0.394 e. The Morgan fingerprint density at radius 2 is 1.82 bits per heavy atom. The van der Waals surface area contributed by atoms with E-state index in [0.717, 1.165) is 42.3 Å². The third-order valence-electron chi connectivity index (χ3n) is 8.53. The molecule has 1 unspecified atom stereocenters. The molecule has 2 saturated carbocycles. The molecule has 3 amide bonds. The van der Waals surface area contributed by atoms with Gasteiger partial charge in [0.05, 0.1) is 32.5 Å². The largest absolute Gasteiger partial charge is 0.394 e. The van der Waals surface area contributed by atoms with Gasteiger partial charge in [-0.15, -0.1) is 0 Å². The number of allylic oxidation sites excluding steroid dienone is 1. The average molecular weight is 614 g/mol. The number of hydrogen-bond donors (Lipinski definition) is 6. The number of aliphatic hydroxyl groups is 2. The molecule has 4 rings (SSSR count). The number of rotatable bonds is 17. The molecule has 0 saturated heterocycles. The number of carbonyl (C=O) groups is 3. The maximum atomic E-state index is 13.5. The van der Waals surface area contributed by atoms with E-state index in [2.05, 4.69) is 32.1 Å². The fourth-order valence-corrected chi connectivity index (χ4v) is 6.04. The van der Waals surface area contributed by atoms with E-state index in [1.54, 1.807) is 0 Å². The Balaban J connectivity index is 1.40. The summed E-state index contributed by atoms with van der Waals surface area (Å²) < 4.78 is 0. The molecule has 0 spiro atoms. The minimum absolute atomic E-state index is 0.00793. The van der Waals surface area contributed by atoms with E-state index in [4.69, 9.17) is 5.73 Å². The van der Waals surface area contributed by atoms with E-state index in [1.807, 2.05) is 30.3 Å². The highest BCUT2D eigenvalue weighted by Gasteiger charge is 2.35. The highest BCUT2D eigenvalue weighted by molar-refractivity contribution is 5.90. The number of benzene rings is 1. The van der Waals surface area contributed by atoms with Crippen LogP contribution in [0, 0.1) is 5.92 Å². The Hall–Kier alpha value is -3.19. The van der Waals surface area contributed by atoms with Crippen LogP contribution in [-0.4, -0.2) is 107 Å². The second-order valence-corrected chi connectivity index (χ2v) is 12.3. The van der Waals surface area contributed by atoms with Crippen molar-refractivity contribution < 1.29 is 24.6 Å². The first kappa shape index (κ1) is 33.7. The molecule has 1 heterocycles. The fraction of sp³-hybridized carbons (Fsp3) is 0.656. The summed E-state index contributed by atoms with van der Waals surface area (Å²) >= 11 is 0. The lowest BCUT2D eigenvalue weighted by atomic mass is 9.89. The van der Waals surface area contributed by atoms with E-state index in [9.17, 15) is 24.6 Å². The summed E-state index contributed by atoms with van der Waals surface area (Å²) in [5.41, 5.74) is 10.1. The SMILES string of the molecule is NCCNCC(=O)NC(Cc1ccccc1)C(=O)NN(C[C@@H](O)CO)C(=O)CCC1=CN(CC2CCCCC2)CN1C1CC1. The zero-order chi connectivity index (χ0) is 31.3. The molecule has 1 aliphatic heterocycles. The molecule has 12 heteroatoms. The molecule has 0 radical (unpaired) electrons. The summed E-state index contributed by atoms with van der Waals surface area (Å²) in [6, 6.07) is 8.82. The Kier molecular flexibility index (Phi) is 13.3. The Morgan fingerprint density at radius 1 is 1.07 bits per heavy atom. The van der Waals surface area contributed by atoms with Crippen LogP contribution in [0.15, 0.2) is 42.2 Å². The zero-order valence-corrected chi connectivity index (χ0v) is 25.8. The van der Waals surface area contributed by atoms with E-state index >= 15 is 0 Å². The van der Waals surface area contributed by atoms with Gasteiger partial charge < -0.3 is 36.4 Å². The van der Waals surface area contributed by atoms with Gasteiger partial charge in [0.15, 0.2) is 0 Å². The van der Waals surface area contributed by atoms with Gasteiger partial charge in [-0.2, -0.15) is 0 Å². The summed E-state index contributed by atoms with van der Waals surface area (Å²) in [5.74, 6) is -0.622. The van der Waals surface area contributed by atoms with Crippen molar-refractivity contribution in [3.8, 4) is 0 Å². The third-order valence-corrected chi connectivity index (χ3v) is 8.53. The van der Waals surface area contributed by atoms with Crippen LogP contribution >= 0.6 is 0 Å². The molecule has 44 heavy (non-hydrogen) atoms. The lowest BCUT2D eigenvalue weighted by Crippen LogP contribution is -2.57. The topological polar surface area (TPSA) is 164 Å². The van der Waals surface area contributed by atoms with E-state index < -0.39 is 24.7 Å². The summed E-state index contributed by atoms with van der Waals surface area (Å²) in [4.78, 5) is 44.4. The fourth-order valence-electron chi connectivity index (χ4n) is 6.04. The van der Waals surface area contributed by atoms with Crippen molar-refractivity contribution in [1.29, 1.82) is 0 Å². The van der Waals surface area contributed by atoms with Crippen LogP contribution < -0.4 is 21.8 Å². The molecule has 244 valence electrons. The first-order valence-corrected chi connectivity index (χ1v) is 16.2. The first-order chi connectivity index (χ1) is 21.4. The zero-order valence-electron chi connectivity index (χ0n) is 25.8. The van der Waals surface area contributed by atoms with Gasteiger partial charge in [0.2, 0.25) is 11.8 Å². The number of hydrazine groups is 1. The van der Waals surface area contributed by atoms with Crippen LogP contribution in [0.4, 0.5) is 0 Å². The molecule has 1 aromatic carbocycles. The third kappa shape index (κ3) is 10.8. The number of nitrogens with one attached hydrogen (secondary N) is 3. The standard InChI is InChI=1S/C32H51N7O5/c33-15-16-34-18-30(42)35-29(17-24-7-3-1-4-8-24)32(44)36-39(21-28(41)22-40)31(43)14-13-27-20-37(23-38(27)26-11-12-26)19-25-9-5-2-6-10-25/h1,3-4,7-8,20,25-26,28-29,34,40-41H,2,5-6,9-19,21-23,33H2,(H,35,42)(H,36,44)/t28-,29?/m1/s1. The average Bonchev–Trinajstić information content (AvgIpc) is 3.80. The van der Waals surface area contributed by atoms with Gasteiger partial charge in [-0.1, -0.05) is 49.6 Å². The molecule has 2 aliphatic carbocycles. The molecular weight excluding hydrogens is 562 g/mol. The van der Waals surface area contributed by atoms with Crippen molar-refractivity contribution in [3.63, 3.8) is 0 Å². The van der Waals surface area contributed by atoms with Crippen molar-refractivity contribution in [2.24, 2.45) is 11.7 Å². The number of nitrogens with zero attached hydrogens (tertiary/aromatic N) is 3. The van der Waals surface area contributed by atoms with E-state index in [0.29, 0.717) is 31.5 Å². The summed E-state index contributed by atoms with van der Waals surface area (Å²) in [6.07, 6.45) is 10.6. The van der Waals surface area contributed by atoms with Crippen molar-refractivity contribution >= 4 is 17.7 Å². The highest BCUT2D eigenvalue weighted by atomic mass is 16.3. The summed E-state index contributed by atoms with van der Waals surface area (Å²) in [6.45, 7) is 1.89. The Morgan fingerprint density at radius 3 is 2.50 bits per heavy atom. The second kappa shape index (κ2) is 17.3. The number of nitrogens with two attached hydrogens (primary N) is 1. The highest BCUT2D eigenvalue weighted by Crippen LogP contribution is 2.36. The van der Waals surface area contributed by atoms with Gasteiger partial charge in [0.25, 0.3) is 5.91 Å². The Bertz CT molecular complexity index is 1090. The van der Waals surface area contributed by atoms with E-state index in [1.165, 1.54) is 32.1 Å². The summed E-state index contributed by atoms with van der Waals surface area (Å²) in [5, 5.41) is 26.5. The monoisotopic (exact) mass is 613 g/mol. The molecule has 12 nitrogen and oxygen atoms in total. The molecular formula is C32H51N7O5. The molecule has 3 aliphatic rings. The number of amides is 3. The number of hydrogen-bond acceptors (Lipinski definition) is 9. The van der Waals surface area contributed by atoms with E-state index in [-0.39, 0.29) is 37.7 Å². The molecule has 0 bridgehead atoms. The molecule has 2 fully saturated rings. The van der Waals surface area contributed by atoms with Crippen LogP contribution in [0.2, 0.25) is 0 Å². The van der Waals surface area contributed by atoms with Gasteiger partial charge in [-0.3, -0.25) is 24.8 Å². The van der Waals surface area contributed by atoms with Gasteiger partial charge in [-0.05, 0) is 43.6 Å². The quantitative estimate of drug-likeness (QED) is 0.108. The van der Waals surface area contributed by atoms with Crippen molar-refractivity contribution in [2.75, 3.05) is 46.0 Å². The van der Waals surface area contributed by atoms with Crippen LogP contribution in [0.3, 0.4) is 0 Å². The molecule has 1 aromatic rings. The predicted molar refractivity (Wildman–Crippen MR) is 167 cm³/mol. The maximum absolute atomic E-state index is 13.5. The summed E-state index contributed by atoms with van der Waals surface area (Å²) in [7, 11) is 0. The molecule has 7 N–H and O–H groups in total. The van der Waals surface area contributed by atoms with Gasteiger partial charge in [0, 0.05) is 50.4 Å². The van der Waals surface area contributed by atoms with Crippen molar-refractivity contribution in [3.05, 3.63) is 47.8 Å². The van der Waals surface area contributed by atoms with Gasteiger partial charge in [-0.25, -0.2) is 0 Å². The smallest absolute Gasteiger partial charge is 0.261 e. The van der Waals surface area contributed by atoms with Crippen LogP contribution in [-0.2, 0) is 20.8 Å². The van der Waals surface area contributed by atoms with Crippen LogP contribution in [0.25, 0.3) is 0 Å². The Labute approximate surface area is 261 Å². The van der Waals surface area contributed by atoms with Crippen LogP contribution in [0.1, 0.15) is 63.4 Å². The normalized spacial score (nSPS) is 18.5. The van der Waals surface area contributed by atoms with Crippen LogP contribution in [0.5, 0.6) is 0 Å². The number of carbonyl (C=O) groups excluding carboxylic acids is 3. The van der Waals surface area contributed by atoms with Crippen molar-refractivity contribution in [1.82, 2.24) is 30.9 Å². The maximum Gasteiger partial charge on any atom is 0.261 e. The predicted octanol–water partition coefficient (Wildman–Crippen LogP) is 0.415. The van der Waals surface area contributed by atoms with Crippen molar-refractivity contribution in [2.45, 2.75) is 82.4 Å². The molecule has 2 atom stereocenters.